The number of fused-ring (bicyclic) bond motifs is 1. The van der Waals surface area contributed by atoms with Crippen molar-refractivity contribution in [3.8, 4) is 0 Å². The van der Waals surface area contributed by atoms with Gasteiger partial charge < -0.3 is 14.4 Å². The molecule has 2 aliphatic heterocycles. The maximum Gasteiger partial charge on any atom is 0.224 e. The molecule has 2 fully saturated rings. The highest BCUT2D eigenvalue weighted by molar-refractivity contribution is 5.76. The molecule has 1 amide bonds. The Hall–Kier alpha value is -1.47. The summed E-state index contributed by atoms with van der Waals surface area (Å²) in [6, 6.07) is 0. The quantitative estimate of drug-likeness (QED) is 0.865. The normalized spacial score (nSPS) is 28.9. The zero-order valence-corrected chi connectivity index (χ0v) is 11.8. The average molecular weight is 280 g/mol. The molecule has 0 radical (unpaired) electrons. The van der Waals surface area contributed by atoms with E-state index in [-0.39, 0.29) is 18.1 Å². The maximum atomic E-state index is 12.0. The molecule has 3 atom stereocenters. The Morgan fingerprint density at radius 3 is 3.05 bits per heavy atom. The third-order valence-electron chi connectivity index (χ3n) is 4.01. The van der Waals surface area contributed by atoms with Crippen molar-refractivity contribution in [2.45, 2.75) is 32.0 Å². The van der Waals surface area contributed by atoms with Gasteiger partial charge in [0, 0.05) is 26.1 Å². The lowest BCUT2D eigenvalue weighted by Gasteiger charge is -2.18. The summed E-state index contributed by atoms with van der Waals surface area (Å²) in [5.74, 6) is 2.08. The fraction of sp³-hybridized carbons (Fsp3) is 0.769. The number of H-pyrrole nitrogens is 1. The molecule has 0 bridgehead atoms. The number of likely N-dealkylation sites (tertiary alicyclic amines) is 1. The van der Waals surface area contributed by atoms with E-state index in [9.17, 15) is 4.79 Å². The summed E-state index contributed by atoms with van der Waals surface area (Å²) in [5.41, 5.74) is 0. The number of carbonyl (C=O) groups excluding carboxylic acids is 1. The second kappa shape index (κ2) is 5.49. The standard InChI is InChI=1S/C13H20N4O3/c1-8-14-13(16-15-8)10-5-9-6-17(7-11(9)20-10)12(18)3-4-19-2/h9-11H,3-7H2,1-2H3,(H,14,15,16)/t9-,10-,11+/m0/s1. The van der Waals surface area contributed by atoms with Crippen LogP contribution < -0.4 is 0 Å². The molecule has 0 unspecified atom stereocenters. The van der Waals surface area contributed by atoms with Crippen LogP contribution in [0.5, 0.6) is 0 Å². The molecule has 0 spiro atoms. The minimum atomic E-state index is -0.0359. The number of nitrogens with zero attached hydrogens (tertiary/aromatic N) is 3. The molecule has 0 saturated carbocycles. The number of nitrogens with one attached hydrogen (secondary N) is 1. The van der Waals surface area contributed by atoms with E-state index in [4.69, 9.17) is 9.47 Å². The van der Waals surface area contributed by atoms with Gasteiger partial charge in [0.15, 0.2) is 5.82 Å². The van der Waals surface area contributed by atoms with E-state index in [1.807, 2.05) is 11.8 Å². The van der Waals surface area contributed by atoms with Gasteiger partial charge in [0.2, 0.25) is 5.91 Å². The van der Waals surface area contributed by atoms with E-state index >= 15 is 0 Å². The predicted octanol–water partition coefficient (Wildman–Crippen LogP) is 0.438. The number of aromatic nitrogens is 3. The van der Waals surface area contributed by atoms with Crippen molar-refractivity contribution in [2.24, 2.45) is 5.92 Å². The molecule has 20 heavy (non-hydrogen) atoms. The number of hydrogen-bond donors (Lipinski definition) is 1. The fourth-order valence-electron chi connectivity index (χ4n) is 2.98. The highest BCUT2D eigenvalue weighted by Gasteiger charge is 2.44. The number of amides is 1. The molecular formula is C13H20N4O3. The van der Waals surface area contributed by atoms with Crippen molar-refractivity contribution in [1.29, 1.82) is 0 Å². The minimum absolute atomic E-state index is 0.0359. The minimum Gasteiger partial charge on any atom is -0.384 e. The number of carbonyl (C=O) groups is 1. The summed E-state index contributed by atoms with van der Waals surface area (Å²) in [5, 5.41) is 7.00. The molecule has 2 aliphatic rings. The summed E-state index contributed by atoms with van der Waals surface area (Å²) < 4.78 is 10.9. The lowest BCUT2D eigenvalue weighted by atomic mass is 10.0. The van der Waals surface area contributed by atoms with Gasteiger partial charge in [0.25, 0.3) is 0 Å². The molecule has 3 rings (SSSR count). The van der Waals surface area contributed by atoms with Crippen molar-refractivity contribution < 1.29 is 14.3 Å². The third-order valence-corrected chi connectivity index (χ3v) is 4.01. The van der Waals surface area contributed by atoms with E-state index in [2.05, 4.69) is 15.2 Å². The van der Waals surface area contributed by atoms with Crippen LogP contribution in [0, 0.1) is 12.8 Å². The molecule has 1 aromatic heterocycles. The number of hydrogen-bond acceptors (Lipinski definition) is 5. The van der Waals surface area contributed by atoms with Gasteiger partial charge in [-0.05, 0) is 13.3 Å². The highest BCUT2D eigenvalue weighted by atomic mass is 16.5. The van der Waals surface area contributed by atoms with E-state index in [0.29, 0.717) is 25.5 Å². The van der Waals surface area contributed by atoms with Gasteiger partial charge in [0.05, 0.1) is 19.1 Å². The number of methoxy groups -OCH3 is 1. The van der Waals surface area contributed by atoms with E-state index < -0.39 is 0 Å². The second-order valence-corrected chi connectivity index (χ2v) is 5.48. The van der Waals surface area contributed by atoms with Crippen molar-refractivity contribution in [3.05, 3.63) is 11.6 Å². The molecule has 7 heteroatoms. The van der Waals surface area contributed by atoms with Crippen LogP contribution in [0.3, 0.4) is 0 Å². The van der Waals surface area contributed by atoms with Crippen molar-refractivity contribution in [1.82, 2.24) is 20.1 Å². The Kier molecular flexibility index (Phi) is 3.71. The Labute approximate surface area is 117 Å². The van der Waals surface area contributed by atoms with Gasteiger partial charge in [-0.3, -0.25) is 9.89 Å². The maximum absolute atomic E-state index is 12.0. The van der Waals surface area contributed by atoms with Crippen LogP contribution >= 0.6 is 0 Å². The molecule has 2 saturated heterocycles. The first-order valence-corrected chi connectivity index (χ1v) is 6.98. The molecular weight excluding hydrogens is 260 g/mol. The zero-order chi connectivity index (χ0) is 14.1. The lowest BCUT2D eigenvalue weighted by Crippen LogP contribution is -2.31. The van der Waals surface area contributed by atoms with Crippen molar-refractivity contribution in [2.75, 3.05) is 26.8 Å². The smallest absolute Gasteiger partial charge is 0.224 e. The van der Waals surface area contributed by atoms with Gasteiger partial charge in [-0.15, -0.1) is 0 Å². The topological polar surface area (TPSA) is 80.3 Å². The first-order valence-electron chi connectivity index (χ1n) is 6.98. The summed E-state index contributed by atoms with van der Waals surface area (Å²) >= 11 is 0. The Balaban J connectivity index is 1.55. The molecule has 0 aromatic carbocycles. The molecule has 7 nitrogen and oxygen atoms in total. The molecule has 3 heterocycles. The van der Waals surface area contributed by atoms with E-state index in [1.54, 1.807) is 7.11 Å². The summed E-state index contributed by atoms with van der Waals surface area (Å²) in [7, 11) is 1.61. The van der Waals surface area contributed by atoms with Gasteiger partial charge in [-0.25, -0.2) is 4.98 Å². The summed E-state index contributed by atoms with van der Waals surface area (Å²) in [6.07, 6.45) is 1.41. The average Bonchev–Trinajstić information content (AvgIpc) is 3.08. The number of ether oxygens (including phenoxy) is 2. The second-order valence-electron chi connectivity index (χ2n) is 5.48. The lowest BCUT2D eigenvalue weighted by molar-refractivity contribution is -0.132. The Morgan fingerprint density at radius 1 is 1.55 bits per heavy atom. The van der Waals surface area contributed by atoms with Gasteiger partial charge in [-0.1, -0.05) is 0 Å². The van der Waals surface area contributed by atoms with Crippen LogP contribution in [-0.4, -0.2) is 58.9 Å². The van der Waals surface area contributed by atoms with Crippen LogP contribution in [0.4, 0.5) is 0 Å². The zero-order valence-electron chi connectivity index (χ0n) is 11.8. The Bertz CT molecular complexity index is 476. The monoisotopic (exact) mass is 280 g/mol. The molecule has 1 aromatic rings. The molecule has 1 N–H and O–H groups in total. The largest absolute Gasteiger partial charge is 0.384 e. The van der Waals surface area contributed by atoms with Crippen LogP contribution in [0.25, 0.3) is 0 Å². The van der Waals surface area contributed by atoms with Crippen LogP contribution in [0.2, 0.25) is 0 Å². The third kappa shape index (κ3) is 2.55. The summed E-state index contributed by atoms with van der Waals surface area (Å²) in [6.45, 7) is 3.80. The molecule has 110 valence electrons. The van der Waals surface area contributed by atoms with Gasteiger partial charge in [-0.2, -0.15) is 5.10 Å². The number of aryl methyl sites for hydroxylation is 1. The van der Waals surface area contributed by atoms with E-state index in [0.717, 1.165) is 24.6 Å². The summed E-state index contributed by atoms with van der Waals surface area (Å²) in [4.78, 5) is 18.2. The fourth-order valence-corrected chi connectivity index (χ4v) is 2.98. The first kappa shape index (κ1) is 13.5. The Morgan fingerprint density at radius 2 is 2.40 bits per heavy atom. The van der Waals surface area contributed by atoms with Crippen LogP contribution in [0.15, 0.2) is 0 Å². The van der Waals surface area contributed by atoms with Crippen LogP contribution in [0.1, 0.15) is 30.6 Å². The van der Waals surface area contributed by atoms with Crippen molar-refractivity contribution in [3.63, 3.8) is 0 Å². The van der Waals surface area contributed by atoms with Crippen LogP contribution in [-0.2, 0) is 14.3 Å². The predicted molar refractivity (Wildman–Crippen MR) is 69.9 cm³/mol. The molecule has 0 aliphatic carbocycles. The SMILES string of the molecule is COCCC(=O)N1C[C@@H]2C[C@@H](c3n[nH]c(C)n3)O[C@@H]2C1. The van der Waals surface area contributed by atoms with Gasteiger partial charge in [0.1, 0.15) is 11.9 Å². The van der Waals surface area contributed by atoms with E-state index in [1.165, 1.54) is 0 Å². The van der Waals surface area contributed by atoms with Gasteiger partial charge >= 0.3 is 0 Å². The number of rotatable bonds is 4. The highest BCUT2D eigenvalue weighted by Crippen LogP contribution is 2.39. The number of aromatic amines is 1. The first-order chi connectivity index (χ1) is 9.67. The van der Waals surface area contributed by atoms with Crippen molar-refractivity contribution >= 4 is 5.91 Å².